The molecule has 2 aliphatic rings. The van der Waals surface area contributed by atoms with Crippen LogP contribution < -0.4 is 5.73 Å². The molecule has 2 fully saturated rings. The van der Waals surface area contributed by atoms with E-state index in [1.165, 1.54) is 4.90 Å². The third-order valence-electron chi connectivity index (χ3n) is 5.72. The van der Waals surface area contributed by atoms with E-state index >= 15 is 0 Å². The number of ether oxygens (including phenoxy) is 2. The monoisotopic (exact) mass is 341 g/mol. The van der Waals surface area contributed by atoms with Crippen molar-refractivity contribution < 1.29 is 19.1 Å². The zero-order valence-electron chi connectivity index (χ0n) is 15.5. The van der Waals surface area contributed by atoms with Gasteiger partial charge in [0.15, 0.2) is 0 Å². The molecule has 2 N–H and O–H groups in total. The molecule has 1 heterocycles. The predicted octanol–water partition coefficient (Wildman–Crippen LogP) is 0.0821. The second kappa shape index (κ2) is 6.98. The van der Waals surface area contributed by atoms with Crippen LogP contribution in [0.25, 0.3) is 0 Å². The third kappa shape index (κ3) is 2.93. The highest BCUT2D eigenvalue weighted by Gasteiger charge is 2.70. The maximum absolute atomic E-state index is 13.3. The lowest BCUT2D eigenvalue weighted by Gasteiger charge is -2.65. The average molecular weight is 341 g/mol. The Morgan fingerprint density at radius 2 is 2.00 bits per heavy atom. The van der Waals surface area contributed by atoms with Gasteiger partial charge in [0.2, 0.25) is 11.8 Å². The van der Waals surface area contributed by atoms with Crippen LogP contribution in [0.5, 0.6) is 0 Å². The van der Waals surface area contributed by atoms with Crippen LogP contribution in [0, 0.1) is 11.3 Å². The zero-order valence-corrected chi connectivity index (χ0v) is 15.5. The van der Waals surface area contributed by atoms with Gasteiger partial charge in [0, 0.05) is 45.7 Å². The Labute approximate surface area is 144 Å². The molecule has 0 bridgehead atoms. The molecule has 24 heavy (non-hydrogen) atoms. The normalized spacial score (nSPS) is 30.9. The van der Waals surface area contributed by atoms with Crippen molar-refractivity contribution >= 4 is 11.8 Å². The van der Waals surface area contributed by atoms with E-state index in [0.717, 1.165) is 19.4 Å². The Bertz CT molecular complexity index is 494. The number of likely N-dealkylation sites (N-methyl/N-ethyl adjacent to an activating group) is 1. The van der Waals surface area contributed by atoms with Crippen molar-refractivity contribution in [1.82, 2.24) is 9.80 Å². The van der Waals surface area contributed by atoms with Gasteiger partial charge in [-0.1, -0.05) is 13.8 Å². The quantitative estimate of drug-likeness (QED) is 0.740. The van der Waals surface area contributed by atoms with Gasteiger partial charge in [-0.05, 0) is 12.8 Å². The Morgan fingerprint density at radius 3 is 2.58 bits per heavy atom. The molecule has 0 spiro atoms. The van der Waals surface area contributed by atoms with E-state index in [-0.39, 0.29) is 30.4 Å². The number of carbonyl (C=O) groups excluding carboxylic acids is 2. The first-order chi connectivity index (χ1) is 11.2. The van der Waals surface area contributed by atoms with Gasteiger partial charge < -0.3 is 25.0 Å². The minimum Gasteiger partial charge on any atom is -0.383 e. The molecule has 1 aliphatic carbocycles. The first-order valence-electron chi connectivity index (χ1n) is 8.56. The number of nitrogens with two attached hydrogens (primary N) is 1. The Balaban J connectivity index is 2.22. The van der Waals surface area contributed by atoms with E-state index in [2.05, 4.69) is 0 Å². The first kappa shape index (κ1) is 19.1. The van der Waals surface area contributed by atoms with Crippen LogP contribution in [0.1, 0.15) is 26.7 Å². The number of rotatable bonds is 6. The molecule has 0 aromatic carbocycles. The van der Waals surface area contributed by atoms with Crippen molar-refractivity contribution in [2.24, 2.45) is 17.1 Å². The lowest BCUT2D eigenvalue weighted by Crippen LogP contribution is -2.82. The zero-order chi connectivity index (χ0) is 18.1. The number of hydrogen-bond acceptors (Lipinski definition) is 5. The van der Waals surface area contributed by atoms with Crippen LogP contribution in [0.15, 0.2) is 0 Å². The largest absolute Gasteiger partial charge is 0.383 e. The fourth-order valence-electron chi connectivity index (χ4n) is 4.03. The minimum atomic E-state index is -1.00. The summed E-state index contributed by atoms with van der Waals surface area (Å²) in [5, 5.41) is 0. The SMILES string of the molecule is COCCN(CC(=O)N(C)C)C(=O)C1(N)C2CCCOC2C1(C)C. The average Bonchev–Trinajstić information content (AvgIpc) is 2.56. The van der Waals surface area contributed by atoms with E-state index in [1.807, 2.05) is 13.8 Å². The minimum absolute atomic E-state index is 0.00764. The van der Waals surface area contributed by atoms with Crippen LogP contribution in [-0.2, 0) is 19.1 Å². The van der Waals surface area contributed by atoms with E-state index < -0.39 is 11.0 Å². The van der Waals surface area contributed by atoms with Crippen LogP contribution in [-0.4, -0.2) is 80.8 Å². The Morgan fingerprint density at radius 1 is 1.33 bits per heavy atom. The molecule has 0 aromatic rings. The third-order valence-corrected chi connectivity index (χ3v) is 5.72. The maximum Gasteiger partial charge on any atom is 0.244 e. The van der Waals surface area contributed by atoms with Gasteiger partial charge in [0.1, 0.15) is 5.54 Å². The summed E-state index contributed by atoms with van der Waals surface area (Å²) in [4.78, 5) is 28.4. The molecule has 2 rings (SSSR count). The first-order valence-corrected chi connectivity index (χ1v) is 8.56. The standard InChI is InChI=1S/C17H31N3O4/c1-16(2)14-12(7-6-9-24-14)17(16,18)15(22)20(8-10-23-5)11-13(21)19(3)4/h12,14H,6-11,18H2,1-5H3. The Hall–Kier alpha value is -1.18. The van der Waals surface area contributed by atoms with Crippen molar-refractivity contribution in [3.05, 3.63) is 0 Å². The van der Waals surface area contributed by atoms with Crippen molar-refractivity contribution in [2.75, 3.05) is 47.5 Å². The van der Waals surface area contributed by atoms with Gasteiger partial charge in [0.25, 0.3) is 0 Å². The second-order valence-electron chi connectivity index (χ2n) is 7.64. The van der Waals surface area contributed by atoms with Gasteiger partial charge in [0.05, 0.1) is 19.3 Å². The maximum atomic E-state index is 13.3. The number of amides is 2. The van der Waals surface area contributed by atoms with E-state index in [0.29, 0.717) is 13.2 Å². The van der Waals surface area contributed by atoms with Crippen molar-refractivity contribution in [3.63, 3.8) is 0 Å². The molecule has 1 aliphatic heterocycles. The molecular formula is C17H31N3O4. The summed E-state index contributed by atoms with van der Waals surface area (Å²) in [6.45, 7) is 5.43. The van der Waals surface area contributed by atoms with E-state index in [1.54, 1.807) is 26.1 Å². The molecule has 3 unspecified atom stereocenters. The number of methoxy groups -OCH3 is 1. The summed E-state index contributed by atoms with van der Waals surface area (Å²) in [7, 11) is 4.93. The van der Waals surface area contributed by atoms with Crippen LogP contribution in [0.3, 0.4) is 0 Å². The van der Waals surface area contributed by atoms with Gasteiger partial charge in [-0.25, -0.2) is 0 Å². The molecule has 3 atom stereocenters. The summed E-state index contributed by atoms with van der Waals surface area (Å²) in [5.41, 5.74) is 5.21. The summed E-state index contributed by atoms with van der Waals surface area (Å²) >= 11 is 0. The van der Waals surface area contributed by atoms with Crippen LogP contribution in [0.4, 0.5) is 0 Å². The van der Waals surface area contributed by atoms with Crippen molar-refractivity contribution in [2.45, 2.75) is 38.3 Å². The predicted molar refractivity (Wildman–Crippen MR) is 90.3 cm³/mol. The topological polar surface area (TPSA) is 85.1 Å². The molecule has 2 amide bonds. The van der Waals surface area contributed by atoms with Gasteiger partial charge in [-0.15, -0.1) is 0 Å². The van der Waals surface area contributed by atoms with Crippen LogP contribution >= 0.6 is 0 Å². The number of hydrogen-bond donors (Lipinski definition) is 1. The van der Waals surface area contributed by atoms with Gasteiger partial charge in [-0.3, -0.25) is 9.59 Å². The molecule has 1 saturated carbocycles. The molecular weight excluding hydrogens is 310 g/mol. The number of fused-ring (bicyclic) bond motifs is 1. The summed E-state index contributed by atoms with van der Waals surface area (Å²) < 4.78 is 11.0. The fraction of sp³-hybridized carbons (Fsp3) is 0.882. The van der Waals surface area contributed by atoms with Crippen LogP contribution in [0.2, 0.25) is 0 Å². The fourth-order valence-corrected chi connectivity index (χ4v) is 4.03. The molecule has 7 heteroatoms. The highest BCUT2D eigenvalue weighted by Crippen LogP contribution is 2.57. The van der Waals surface area contributed by atoms with E-state index in [9.17, 15) is 9.59 Å². The molecule has 138 valence electrons. The summed E-state index contributed by atoms with van der Waals surface area (Å²) in [5.74, 6) is -0.295. The number of nitrogens with zero attached hydrogens (tertiary/aromatic N) is 2. The second-order valence-corrected chi connectivity index (χ2v) is 7.64. The molecule has 0 radical (unpaired) electrons. The molecule has 7 nitrogen and oxygen atoms in total. The summed E-state index contributed by atoms with van der Waals surface area (Å²) in [6.07, 6.45) is 1.81. The molecule has 0 aromatic heterocycles. The highest BCUT2D eigenvalue weighted by molar-refractivity contribution is 5.92. The lowest BCUT2D eigenvalue weighted by molar-refractivity contribution is -0.230. The summed E-state index contributed by atoms with van der Waals surface area (Å²) in [6, 6.07) is 0. The highest BCUT2D eigenvalue weighted by atomic mass is 16.5. The smallest absolute Gasteiger partial charge is 0.244 e. The molecule has 1 saturated heterocycles. The van der Waals surface area contributed by atoms with Gasteiger partial charge >= 0.3 is 0 Å². The van der Waals surface area contributed by atoms with Gasteiger partial charge in [-0.2, -0.15) is 0 Å². The number of carbonyl (C=O) groups is 2. The van der Waals surface area contributed by atoms with E-state index in [4.69, 9.17) is 15.2 Å². The van der Waals surface area contributed by atoms with Crippen molar-refractivity contribution in [3.8, 4) is 0 Å². The van der Waals surface area contributed by atoms with Crippen molar-refractivity contribution in [1.29, 1.82) is 0 Å². The Kier molecular flexibility index (Phi) is 5.57. The lowest BCUT2D eigenvalue weighted by atomic mass is 9.46.